The zero-order valence-electron chi connectivity index (χ0n) is 23.3. The molecule has 0 amide bonds. The van der Waals surface area contributed by atoms with Gasteiger partial charge in [-0.25, -0.2) is 0 Å². The van der Waals surface area contributed by atoms with Crippen LogP contribution in [0.15, 0.2) is 78.9 Å². The molecule has 1 nitrogen and oxygen atoms in total. The van der Waals surface area contributed by atoms with Gasteiger partial charge in [0.1, 0.15) is 0 Å². The van der Waals surface area contributed by atoms with Gasteiger partial charge in [-0.1, -0.05) is 0 Å². The molecule has 0 spiro atoms. The van der Waals surface area contributed by atoms with Crippen molar-refractivity contribution in [3.05, 3.63) is 90.0 Å². The number of hydrogen-bond acceptors (Lipinski definition) is 1. The van der Waals surface area contributed by atoms with Crippen molar-refractivity contribution in [3.8, 4) is 0 Å². The number of rotatable bonds is 11. The van der Waals surface area contributed by atoms with Gasteiger partial charge in [0.15, 0.2) is 0 Å². The van der Waals surface area contributed by atoms with Crippen LogP contribution in [0.4, 0.5) is 5.69 Å². The van der Waals surface area contributed by atoms with Gasteiger partial charge in [0.05, 0.1) is 0 Å². The van der Waals surface area contributed by atoms with Crippen LogP contribution in [0.3, 0.4) is 0 Å². The van der Waals surface area contributed by atoms with Crippen LogP contribution in [-0.2, 0) is 0 Å². The van der Waals surface area contributed by atoms with Crippen molar-refractivity contribution in [2.24, 2.45) is 0 Å². The SMILES string of the molecule is CC(C)c1cccc(C(C)C)c1[N]([Ge][Cl])[Si](CP(c1ccccc1)c1ccccc1)(C(C)C)C(C)C. The van der Waals surface area contributed by atoms with E-state index in [4.69, 9.17) is 10.0 Å². The molecule has 3 rings (SSSR count). The number of para-hydroxylation sites is 1. The minimum absolute atomic E-state index is 0.465. The molecule has 3 aromatic rings. The first-order chi connectivity index (χ1) is 17.1. The van der Waals surface area contributed by atoms with E-state index in [0.717, 1.165) is 0 Å². The topological polar surface area (TPSA) is 3.24 Å². The fraction of sp³-hybridized carbons (Fsp3) is 0.419. The summed E-state index contributed by atoms with van der Waals surface area (Å²) in [7, 11) is 4.58. The average Bonchev–Trinajstić information content (AvgIpc) is 2.86. The number of nitrogens with zero attached hydrogens (tertiary/aromatic N) is 1. The Bertz CT molecular complexity index is 1010. The van der Waals surface area contributed by atoms with E-state index in [1.54, 1.807) is 0 Å². The average molecular weight is 597 g/mol. The summed E-state index contributed by atoms with van der Waals surface area (Å²) in [6.45, 7) is 19.3. The van der Waals surface area contributed by atoms with Gasteiger partial charge in [0.2, 0.25) is 0 Å². The summed E-state index contributed by atoms with van der Waals surface area (Å²) in [4.78, 5) is 0. The van der Waals surface area contributed by atoms with Crippen molar-refractivity contribution in [2.75, 3.05) is 9.31 Å². The monoisotopic (exact) mass is 597 g/mol. The van der Waals surface area contributed by atoms with Crippen molar-refractivity contribution >= 4 is 57.2 Å². The van der Waals surface area contributed by atoms with Crippen molar-refractivity contribution < 1.29 is 0 Å². The maximum absolute atomic E-state index is 7.20. The number of halogens is 1. The molecule has 0 bridgehead atoms. The Balaban J connectivity index is 2.30. The summed E-state index contributed by atoms with van der Waals surface area (Å²) >= 11 is -0.839. The summed E-state index contributed by atoms with van der Waals surface area (Å²) in [5, 5.41) is 2.96. The molecule has 36 heavy (non-hydrogen) atoms. The molecule has 0 N–H and O–H groups in total. The molecular weight excluding hydrogens is 553 g/mol. The summed E-state index contributed by atoms with van der Waals surface area (Å²) in [5.74, 6) is 2.16. The number of benzene rings is 3. The molecule has 0 heterocycles. The zero-order chi connectivity index (χ0) is 26.5. The molecule has 0 aliphatic heterocycles. The first-order valence-corrected chi connectivity index (χ1v) is 20.8. The van der Waals surface area contributed by atoms with E-state index in [0.29, 0.717) is 22.9 Å². The third-order valence-electron chi connectivity index (χ3n) is 7.61. The molecule has 2 radical (unpaired) electrons. The summed E-state index contributed by atoms with van der Waals surface area (Å²) < 4.78 is 2.87. The van der Waals surface area contributed by atoms with E-state index in [1.165, 1.54) is 33.2 Å². The van der Waals surface area contributed by atoms with Crippen molar-refractivity contribution in [2.45, 2.75) is 78.3 Å². The van der Waals surface area contributed by atoms with Gasteiger partial charge in [0.25, 0.3) is 0 Å². The number of anilines is 1. The molecule has 5 heteroatoms. The van der Waals surface area contributed by atoms with Gasteiger partial charge >= 0.3 is 235 Å². The van der Waals surface area contributed by atoms with Gasteiger partial charge in [-0.3, -0.25) is 0 Å². The Labute approximate surface area is 233 Å². The van der Waals surface area contributed by atoms with Gasteiger partial charge in [-0.15, -0.1) is 0 Å². The molecule has 0 unspecified atom stereocenters. The van der Waals surface area contributed by atoms with Crippen molar-refractivity contribution in [1.29, 1.82) is 0 Å². The molecule has 192 valence electrons. The Morgan fingerprint density at radius 3 is 1.42 bits per heavy atom. The van der Waals surface area contributed by atoms with E-state index >= 15 is 0 Å². The molecule has 0 aliphatic rings. The van der Waals surface area contributed by atoms with E-state index in [1.807, 2.05) is 0 Å². The predicted molar refractivity (Wildman–Crippen MR) is 169 cm³/mol. The Morgan fingerprint density at radius 1 is 0.667 bits per heavy atom. The van der Waals surface area contributed by atoms with Crippen LogP contribution in [0.1, 0.15) is 78.4 Å². The quantitative estimate of drug-likeness (QED) is 0.158. The second-order valence-corrected chi connectivity index (χ2v) is 22.1. The molecule has 3 aromatic carbocycles. The second kappa shape index (κ2) is 13.1. The van der Waals surface area contributed by atoms with Crippen LogP contribution >= 0.6 is 17.9 Å². The molecule has 0 aromatic heterocycles. The Kier molecular flexibility index (Phi) is 10.8. The van der Waals surface area contributed by atoms with Gasteiger partial charge in [-0.2, -0.15) is 0 Å². The Morgan fingerprint density at radius 2 is 1.08 bits per heavy atom. The Hall–Kier alpha value is -1.06. The second-order valence-electron chi connectivity index (χ2n) is 11.1. The first-order valence-electron chi connectivity index (χ1n) is 13.3. The van der Waals surface area contributed by atoms with Crippen LogP contribution in [-0.4, -0.2) is 28.7 Å². The summed E-state index contributed by atoms with van der Waals surface area (Å²) in [5.41, 5.74) is 5.57. The van der Waals surface area contributed by atoms with Gasteiger partial charge in [-0.05, 0) is 0 Å². The van der Waals surface area contributed by atoms with E-state index in [9.17, 15) is 0 Å². The van der Waals surface area contributed by atoms with Crippen LogP contribution in [0.2, 0.25) is 11.1 Å². The molecule has 0 saturated carbocycles. The normalized spacial score (nSPS) is 12.4. The van der Waals surface area contributed by atoms with E-state index in [2.05, 4.69) is 138 Å². The summed E-state index contributed by atoms with van der Waals surface area (Å²) in [6, 6.07) is 29.5. The molecule has 0 fully saturated rings. The third-order valence-corrected chi connectivity index (χ3v) is 23.4. The van der Waals surface area contributed by atoms with E-state index < -0.39 is 30.9 Å². The standard InChI is InChI=1S/C31H43ClGeNPSi/c1-23(2)29-20-15-21-30(24(3)4)31(29)34(33-32)36(25(5)6,26(7)8)22-35(27-16-11-9-12-17-27)28-18-13-10-14-19-28/h9-21,23-26H,22H2,1-8H3. The van der Waals surface area contributed by atoms with Crippen LogP contribution in [0.5, 0.6) is 0 Å². The minimum atomic E-state index is -2.12. The van der Waals surface area contributed by atoms with Crippen LogP contribution in [0.25, 0.3) is 0 Å². The molecular formula is C31H43ClGeNPSi. The van der Waals surface area contributed by atoms with Crippen LogP contribution in [0, 0.1) is 0 Å². The predicted octanol–water partition coefficient (Wildman–Crippen LogP) is 8.95. The maximum atomic E-state index is 7.20. The fourth-order valence-electron chi connectivity index (χ4n) is 5.52. The molecule has 0 saturated heterocycles. The first kappa shape index (κ1) is 29.5. The summed E-state index contributed by atoms with van der Waals surface area (Å²) in [6.07, 6.45) is 0. The van der Waals surface area contributed by atoms with Crippen LogP contribution < -0.4 is 14.1 Å². The van der Waals surface area contributed by atoms with Crippen molar-refractivity contribution in [3.63, 3.8) is 0 Å². The van der Waals surface area contributed by atoms with Crippen molar-refractivity contribution in [1.82, 2.24) is 0 Å². The number of hydrogen-bond donors (Lipinski definition) is 0. The third kappa shape index (κ3) is 6.15. The fourth-order valence-corrected chi connectivity index (χ4v) is 26.2. The zero-order valence-corrected chi connectivity index (χ0v) is 28.0. The van der Waals surface area contributed by atoms with Gasteiger partial charge < -0.3 is 0 Å². The molecule has 0 aliphatic carbocycles. The molecule has 0 atom stereocenters. The van der Waals surface area contributed by atoms with E-state index in [-0.39, 0.29) is 0 Å². The van der Waals surface area contributed by atoms with Gasteiger partial charge in [0, 0.05) is 0 Å².